The zero-order valence-electron chi connectivity index (χ0n) is 19.1. The summed E-state index contributed by atoms with van der Waals surface area (Å²) in [6.45, 7) is 1.41. The summed E-state index contributed by atoms with van der Waals surface area (Å²) in [5, 5.41) is 9.28. The van der Waals surface area contributed by atoms with E-state index in [2.05, 4.69) is 36.0 Å². The van der Waals surface area contributed by atoms with Gasteiger partial charge in [0.05, 0.1) is 27.8 Å². The summed E-state index contributed by atoms with van der Waals surface area (Å²) in [5.74, 6) is 0.373. The predicted molar refractivity (Wildman–Crippen MR) is 128 cm³/mol. The third kappa shape index (κ3) is 3.04. The fourth-order valence-electron chi connectivity index (χ4n) is 6.72. The zero-order chi connectivity index (χ0) is 23.9. The first-order valence-electron chi connectivity index (χ1n) is 11.8. The number of halogens is 2. The summed E-state index contributed by atoms with van der Waals surface area (Å²) in [6, 6.07) is 1.27. The fourth-order valence-corrected chi connectivity index (χ4v) is 7.12. The molecule has 7 nitrogen and oxygen atoms in total. The number of carbonyl (C=O) groups is 1. The van der Waals surface area contributed by atoms with Crippen LogP contribution in [-0.2, 0) is 0 Å². The molecule has 4 unspecified atom stereocenters. The van der Waals surface area contributed by atoms with Crippen LogP contribution in [0.4, 0.5) is 14.9 Å². The number of fused-ring (bicyclic) bond motifs is 2. The van der Waals surface area contributed by atoms with Gasteiger partial charge in [-0.3, -0.25) is 9.69 Å². The van der Waals surface area contributed by atoms with Gasteiger partial charge in [-0.15, -0.1) is 0 Å². The number of aromatic nitrogens is 1. The number of ether oxygens (including phenoxy) is 1. The number of likely N-dealkylation sites (N-methyl/N-ethyl adjacent to an activating group) is 1. The summed E-state index contributed by atoms with van der Waals surface area (Å²) in [4.78, 5) is 28.4. The van der Waals surface area contributed by atoms with Crippen molar-refractivity contribution in [3.05, 3.63) is 45.5 Å². The van der Waals surface area contributed by atoms with Gasteiger partial charge in [0.25, 0.3) is 0 Å². The van der Waals surface area contributed by atoms with E-state index in [1.807, 2.05) is 0 Å². The van der Waals surface area contributed by atoms with E-state index in [0.717, 1.165) is 25.7 Å². The van der Waals surface area contributed by atoms with Crippen molar-refractivity contribution >= 4 is 34.3 Å². The van der Waals surface area contributed by atoms with Crippen LogP contribution in [0.3, 0.4) is 0 Å². The average molecular weight is 488 g/mol. The predicted octanol–water partition coefficient (Wildman–Crippen LogP) is 4.52. The maximum atomic E-state index is 15.6. The minimum atomic E-state index is -1.58. The molecule has 2 bridgehead atoms. The summed E-state index contributed by atoms with van der Waals surface area (Å²) in [5.41, 5.74) is 0.0670. The van der Waals surface area contributed by atoms with Gasteiger partial charge in [0, 0.05) is 30.6 Å². The number of pyridine rings is 1. The van der Waals surface area contributed by atoms with Gasteiger partial charge in [-0.2, -0.15) is 0 Å². The molecule has 4 aliphatic carbocycles. The first-order chi connectivity index (χ1) is 16.2. The van der Waals surface area contributed by atoms with Crippen LogP contribution in [0, 0.1) is 23.6 Å². The number of anilines is 1. The van der Waals surface area contributed by atoms with Crippen LogP contribution < -0.4 is 15.1 Å². The molecule has 34 heavy (non-hydrogen) atoms. The van der Waals surface area contributed by atoms with E-state index in [9.17, 15) is 9.59 Å². The summed E-state index contributed by atoms with van der Waals surface area (Å²) in [6.07, 6.45) is 8.47. The second-order valence-corrected chi connectivity index (χ2v) is 10.7. The van der Waals surface area contributed by atoms with Gasteiger partial charge in [-0.1, -0.05) is 23.8 Å². The van der Waals surface area contributed by atoms with Crippen LogP contribution in [0.1, 0.15) is 31.7 Å². The van der Waals surface area contributed by atoms with E-state index in [0.29, 0.717) is 42.0 Å². The molecule has 2 aromatic rings. The second kappa shape index (κ2) is 7.46. The topological polar surface area (TPSA) is 75.0 Å². The Morgan fingerprint density at radius 3 is 2.68 bits per heavy atom. The number of allylic oxidation sites excluding steroid dienone is 1. The van der Waals surface area contributed by atoms with Crippen molar-refractivity contribution in [3.8, 4) is 5.75 Å². The van der Waals surface area contributed by atoms with Gasteiger partial charge >= 0.3 is 6.16 Å². The van der Waals surface area contributed by atoms with Crippen LogP contribution in [-0.4, -0.2) is 53.5 Å². The molecule has 0 spiro atoms. The van der Waals surface area contributed by atoms with Crippen LogP contribution >= 0.6 is 11.6 Å². The van der Waals surface area contributed by atoms with Gasteiger partial charge in [0.15, 0.2) is 5.75 Å². The fraction of sp³-hybridized carbons (Fsp3) is 0.520. The highest BCUT2D eigenvalue weighted by Crippen LogP contribution is 2.54. The maximum absolute atomic E-state index is 15.6. The number of nitrogens with zero attached hydrogens (tertiary/aromatic N) is 3. The molecule has 9 heteroatoms. The summed E-state index contributed by atoms with van der Waals surface area (Å²) >= 11 is 6.89. The van der Waals surface area contributed by atoms with Crippen molar-refractivity contribution in [1.82, 2.24) is 9.47 Å². The molecule has 0 amide bonds. The lowest BCUT2D eigenvalue weighted by Crippen LogP contribution is -2.57. The van der Waals surface area contributed by atoms with Crippen LogP contribution in [0.15, 0.2) is 29.2 Å². The van der Waals surface area contributed by atoms with Crippen molar-refractivity contribution < 1.29 is 19.0 Å². The van der Waals surface area contributed by atoms with Gasteiger partial charge in [-0.25, -0.2) is 9.18 Å². The zero-order valence-corrected chi connectivity index (χ0v) is 19.9. The molecular formula is C25H27ClFN3O4. The lowest BCUT2D eigenvalue weighted by Gasteiger charge is -2.53. The number of hydrogen-bond acceptors (Lipinski definition) is 5. The Labute approximate surface area is 201 Å². The molecule has 1 aromatic carbocycles. The maximum Gasteiger partial charge on any atom is 0.511 e. The minimum absolute atomic E-state index is 0.0346. The molecule has 180 valence electrons. The van der Waals surface area contributed by atoms with Crippen LogP contribution in [0.5, 0.6) is 5.75 Å². The minimum Gasteiger partial charge on any atom is -0.449 e. The van der Waals surface area contributed by atoms with Crippen LogP contribution in [0.2, 0.25) is 5.02 Å². The van der Waals surface area contributed by atoms with Gasteiger partial charge < -0.3 is 19.3 Å². The first kappa shape index (κ1) is 21.9. The third-order valence-electron chi connectivity index (χ3n) is 8.50. The lowest BCUT2D eigenvalue weighted by atomic mass is 9.59. The summed E-state index contributed by atoms with van der Waals surface area (Å²) < 4.78 is 22.1. The molecule has 1 N–H and O–H groups in total. The van der Waals surface area contributed by atoms with E-state index in [1.54, 1.807) is 4.57 Å². The highest BCUT2D eigenvalue weighted by atomic mass is 35.5. The number of carboxylic acid groups (broad SMARTS) is 1. The normalized spacial score (nSPS) is 29.8. The molecule has 2 heterocycles. The Bertz CT molecular complexity index is 1300. The molecular weight excluding hydrogens is 461 g/mol. The third-order valence-corrected chi connectivity index (χ3v) is 8.86. The molecule has 1 aromatic heterocycles. The van der Waals surface area contributed by atoms with E-state index < -0.39 is 17.4 Å². The smallest absolute Gasteiger partial charge is 0.449 e. The Kier molecular flexibility index (Phi) is 4.81. The molecule has 3 fully saturated rings. The van der Waals surface area contributed by atoms with Crippen molar-refractivity contribution in [2.75, 3.05) is 32.1 Å². The van der Waals surface area contributed by atoms with Crippen LogP contribution in [0.25, 0.3) is 10.9 Å². The Hall–Kier alpha value is -2.58. The number of rotatable bonds is 4. The lowest BCUT2D eigenvalue weighted by molar-refractivity contribution is 0.0313. The quantitative estimate of drug-likeness (QED) is 0.505. The largest absolute Gasteiger partial charge is 0.511 e. The molecule has 0 radical (unpaired) electrons. The number of benzene rings is 1. The SMILES string of the molecule is CN(C)C12C=CC(CC1)C1CN(c3c(F)cc4c(=O)c(OC(=O)O)cn(C5CC5)c4c3Cl)CC12. The van der Waals surface area contributed by atoms with E-state index in [-0.39, 0.29) is 27.7 Å². The van der Waals surface area contributed by atoms with Gasteiger partial charge in [-0.05, 0) is 57.7 Å². The van der Waals surface area contributed by atoms with E-state index in [1.165, 1.54) is 12.3 Å². The highest BCUT2D eigenvalue weighted by molar-refractivity contribution is 6.38. The molecule has 2 saturated carbocycles. The Morgan fingerprint density at radius 1 is 1.29 bits per heavy atom. The van der Waals surface area contributed by atoms with E-state index >= 15 is 4.39 Å². The van der Waals surface area contributed by atoms with Crippen molar-refractivity contribution in [3.63, 3.8) is 0 Å². The summed E-state index contributed by atoms with van der Waals surface area (Å²) in [7, 11) is 4.23. The van der Waals surface area contributed by atoms with Crippen molar-refractivity contribution in [2.45, 2.75) is 37.3 Å². The average Bonchev–Trinajstić information content (AvgIpc) is 3.53. The second-order valence-electron chi connectivity index (χ2n) is 10.4. The molecule has 1 saturated heterocycles. The molecule has 5 aliphatic rings. The van der Waals surface area contributed by atoms with Crippen molar-refractivity contribution in [2.24, 2.45) is 17.8 Å². The molecule has 4 atom stereocenters. The highest BCUT2D eigenvalue weighted by Gasteiger charge is 2.55. The molecule has 1 aliphatic heterocycles. The Balaban J connectivity index is 1.47. The first-order valence-corrected chi connectivity index (χ1v) is 12.2. The van der Waals surface area contributed by atoms with Gasteiger partial charge in [0.1, 0.15) is 5.82 Å². The van der Waals surface area contributed by atoms with Crippen molar-refractivity contribution in [1.29, 1.82) is 0 Å². The monoisotopic (exact) mass is 487 g/mol. The molecule has 7 rings (SSSR count). The standard InChI is InChI=1S/C25H27ClFN3O4/c1-28(2)25-7-5-13(6-8-25)16-10-29(11-17(16)25)22-18(27)9-15-21(20(22)26)30(14-3-4-14)12-19(23(15)31)34-24(32)33/h5,7,9,12-14,16-17H,3-4,6,8,10-11H2,1-2H3,(H,32,33). The van der Waals surface area contributed by atoms with E-state index in [4.69, 9.17) is 21.4 Å². The number of hydrogen-bond donors (Lipinski definition) is 1. The van der Waals surface area contributed by atoms with Gasteiger partial charge in [0.2, 0.25) is 5.43 Å². The Morgan fingerprint density at radius 2 is 2.06 bits per heavy atom.